The van der Waals surface area contributed by atoms with Gasteiger partial charge in [-0.3, -0.25) is 14.1 Å². The van der Waals surface area contributed by atoms with E-state index >= 15 is 0 Å². The van der Waals surface area contributed by atoms with Crippen LogP contribution in [0.15, 0.2) is 118 Å². The van der Waals surface area contributed by atoms with Gasteiger partial charge in [-0.15, -0.1) is 0 Å². The molecule has 244 valence electrons. The van der Waals surface area contributed by atoms with E-state index in [1.54, 1.807) is 25.1 Å². The zero-order valence-electron chi connectivity index (χ0n) is 26.7. The SMILES string of the molecule is CS(=O)(=O)O.Cc1c(-c2ccccc2)oc2c(C(=O)NCCCN3CCC(c4ccccc4)(c4ccccc4)CC3)cccc2c1=O. The number of carbonyl (C=O) groups excluding carboxylic acids is 1. The molecule has 0 spiro atoms. The normalized spacial score (nSPS) is 14.6. The van der Waals surface area contributed by atoms with Crippen molar-refractivity contribution in [2.45, 2.75) is 31.6 Å². The monoisotopic (exact) mass is 652 g/mol. The van der Waals surface area contributed by atoms with Gasteiger partial charge in [-0.2, -0.15) is 8.42 Å². The van der Waals surface area contributed by atoms with E-state index in [2.05, 4.69) is 70.9 Å². The highest BCUT2D eigenvalue weighted by Gasteiger charge is 2.37. The molecule has 1 aromatic heterocycles. The number of fused-ring (bicyclic) bond motifs is 1. The Labute approximate surface area is 275 Å². The maximum absolute atomic E-state index is 13.3. The summed E-state index contributed by atoms with van der Waals surface area (Å²) in [7, 11) is -3.67. The predicted octanol–water partition coefficient (Wildman–Crippen LogP) is 6.47. The highest BCUT2D eigenvalue weighted by molar-refractivity contribution is 7.85. The Morgan fingerprint density at radius 2 is 1.38 bits per heavy atom. The summed E-state index contributed by atoms with van der Waals surface area (Å²) in [6, 6.07) is 36.5. The molecular formula is C38H40N2O6S. The van der Waals surface area contributed by atoms with Crippen molar-refractivity contribution in [2.24, 2.45) is 0 Å². The van der Waals surface area contributed by atoms with E-state index in [0.29, 0.717) is 40.7 Å². The number of para-hydroxylation sites is 1. The lowest BCUT2D eigenvalue weighted by atomic mass is 9.68. The van der Waals surface area contributed by atoms with E-state index in [0.717, 1.165) is 44.5 Å². The molecule has 8 nitrogen and oxygen atoms in total. The van der Waals surface area contributed by atoms with E-state index in [1.165, 1.54) is 11.1 Å². The van der Waals surface area contributed by atoms with Gasteiger partial charge in [-0.1, -0.05) is 97.1 Å². The van der Waals surface area contributed by atoms with Gasteiger partial charge in [0.25, 0.3) is 16.0 Å². The summed E-state index contributed by atoms with van der Waals surface area (Å²) >= 11 is 0. The molecule has 1 fully saturated rings. The molecule has 1 aliphatic rings. The average molecular weight is 653 g/mol. The number of hydrogen-bond donors (Lipinski definition) is 2. The van der Waals surface area contributed by atoms with E-state index in [4.69, 9.17) is 8.97 Å². The lowest BCUT2D eigenvalue weighted by Gasteiger charge is -2.43. The van der Waals surface area contributed by atoms with Crippen LogP contribution in [0, 0.1) is 6.92 Å². The van der Waals surface area contributed by atoms with Gasteiger partial charge in [0.2, 0.25) is 0 Å². The molecular weight excluding hydrogens is 612 g/mol. The summed E-state index contributed by atoms with van der Waals surface area (Å²) in [6.45, 7) is 5.25. The van der Waals surface area contributed by atoms with Crippen LogP contribution >= 0.6 is 0 Å². The molecule has 0 radical (unpaired) electrons. The zero-order chi connectivity index (χ0) is 33.4. The van der Waals surface area contributed by atoms with Crippen molar-refractivity contribution in [1.29, 1.82) is 0 Å². The second-order valence-electron chi connectivity index (χ2n) is 11.9. The van der Waals surface area contributed by atoms with E-state index in [1.807, 2.05) is 30.3 Å². The highest BCUT2D eigenvalue weighted by atomic mass is 32.2. The first-order valence-corrected chi connectivity index (χ1v) is 17.6. The van der Waals surface area contributed by atoms with Gasteiger partial charge in [0.05, 0.1) is 17.2 Å². The number of hydrogen-bond acceptors (Lipinski definition) is 6. The molecule has 1 saturated heterocycles. The molecule has 5 aromatic rings. The van der Waals surface area contributed by atoms with Crippen LogP contribution in [-0.4, -0.2) is 56.2 Å². The summed E-state index contributed by atoms with van der Waals surface area (Å²) in [5, 5.41) is 3.49. The third kappa shape index (κ3) is 8.24. The molecule has 0 atom stereocenters. The van der Waals surface area contributed by atoms with Crippen molar-refractivity contribution in [2.75, 3.05) is 32.4 Å². The number of benzene rings is 4. The molecule has 0 unspecified atom stereocenters. The molecule has 0 saturated carbocycles. The fraction of sp³-hybridized carbons (Fsp3) is 0.263. The fourth-order valence-electron chi connectivity index (χ4n) is 6.37. The van der Waals surface area contributed by atoms with Crippen LogP contribution in [0.1, 0.15) is 46.3 Å². The standard InChI is InChI=1S/C37H36N2O3.CH4O3S/c1-27-33(40)31-19-11-20-32(35(31)42-34(27)28-13-5-2-6-14-28)36(41)38-23-12-24-39-25-21-37(22-26-39,29-15-7-3-8-16-29)30-17-9-4-10-18-30;1-5(2,3)4/h2-11,13-20H,12,21-26H2,1H3,(H,38,41);1H3,(H,2,3,4). The van der Waals surface area contributed by atoms with Crippen molar-refractivity contribution in [1.82, 2.24) is 10.2 Å². The number of nitrogens with one attached hydrogen (secondary N) is 1. The topological polar surface area (TPSA) is 117 Å². The summed E-state index contributed by atoms with van der Waals surface area (Å²) in [4.78, 5) is 28.9. The minimum atomic E-state index is -3.67. The Morgan fingerprint density at radius 1 is 0.851 bits per heavy atom. The lowest BCUT2D eigenvalue weighted by molar-refractivity contribution is 0.0951. The van der Waals surface area contributed by atoms with Crippen molar-refractivity contribution in [3.05, 3.63) is 142 Å². The number of amides is 1. The smallest absolute Gasteiger partial charge is 0.261 e. The van der Waals surface area contributed by atoms with Crippen molar-refractivity contribution >= 4 is 27.0 Å². The van der Waals surface area contributed by atoms with E-state index < -0.39 is 10.1 Å². The Hall–Kier alpha value is -4.57. The second-order valence-corrected chi connectivity index (χ2v) is 13.4. The Morgan fingerprint density at radius 3 is 1.94 bits per heavy atom. The first kappa shape index (κ1) is 33.8. The van der Waals surface area contributed by atoms with Gasteiger partial charge in [-0.05, 0) is 69.1 Å². The number of nitrogens with zero attached hydrogens (tertiary/aromatic N) is 1. The lowest BCUT2D eigenvalue weighted by Crippen LogP contribution is -2.44. The third-order valence-electron chi connectivity index (χ3n) is 8.72. The number of piperidine rings is 1. The van der Waals surface area contributed by atoms with E-state index in [-0.39, 0.29) is 16.8 Å². The molecule has 0 bridgehead atoms. The fourth-order valence-corrected chi connectivity index (χ4v) is 6.37. The largest absolute Gasteiger partial charge is 0.455 e. The minimum absolute atomic E-state index is 0.0302. The summed E-state index contributed by atoms with van der Waals surface area (Å²) in [5.41, 5.74) is 4.75. The van der Waals surface area contributed by atoms with Crippen LogP contribution in [0.3, 0.4) is 0 Å². The van der Waals surface area contributed by atoms with Gasteiger partial charge in [0.15, 0.2) is 11.0 Å². The summed E-state index contributed by atoms with van der Waals surface area (Å²) < 4.78 is 32.1. The molecule has 47 heavy (non-hydrogen) atoms. The van der Waals surface area contributed by atoms with Gasteiger partial charge < -0.3 is 14.6 Å². The maximum atomic E-state index is 13.3. The number of likely N-dealkylation sites (tertiary alicyclic amines) is 1. The van der Waals surface area contributed by atoms with Gasteiger partial charge in [0, 0.05) is 23.1 Å². The quantitative estimate of drug-likeness (QED) is 0.146. The predicted molar refractivity (Wildman–Crippen MR) is 186 cm³/mol. The second kappa shape index (κ2) is 14.9. The first-order chi connectivity index (χ1) is 22.6. The van der Waals surface area contributed by atoms with Gasteiger partial charge in [0.1, 0.15) is 5.76 Å². The minimum Gasteiger partial charge on any atom is -0.455 e. The van der Waals surface area contributed by atoms with Crippen LogP contribution in [0.5, 0.6) is 0 Å². The molecule has 1 aliphatic heterocycles. The average Bonchev–Trinajstić information content (AvgIpc) is 3.08. The van der Waals surface area contributed by atoms with Gasteiger partial charge >= 0.3 is 0 Å². The third-order valence-corrected chi connectivity index (χ3v) is 8.72. The molecule has 9 heteroatoms. The zero-order valence-corrected chi connectivity index (χ0v) is 27.5. The highest BCUT2D eigenvalue weighted by Crippen LogP contribution is 2.41. The summed E-state index contributed by atoms with van der Waals surface area (Å²) in [5.74, 6) is 0.276. The molecule has 1 amide bonds. The Balaban J connectivity index is 0.000000807. The number of rotatable bonds is 8. The van der Waals surface area contributed by atoms with Crippen LogP contribution < -0.4 is 10.7 Å². The van der Waals surface area contributed by atoms with Crippen LogP contribution in [0.4, 0.5) is 0 Å². The van der Waals surface area contributed by atoms with Crippen LogP contribution in [0.25, 0.3) is 22.3 Å². The molecule has 2 heterocycles. The Bertz CT molecular complexity index is 1920. The van der Waals surface area contributed by atoms with Gasteiger partial charge in [-0.25, -0.2) is 0 Å². The first-order valence-electron chi connectivity index (χ1n) is 15.7. The Kier molecular flexibility index (Phi) is 10.7. The molecule has 0 aliphatic carbocycles. The maximum Gasteiger partial charge on any atom is 0.261 e. The summed E-state index contributed by atoms with van der Waals surface area (Å²) in [6.07, 6.45) is 3.68. The number of carbonyl (C=O) groups is 1. The van der Waals surface area contributed by atoms with Crippen molar-refractivity contribution < 1.29 is 22.2 Å². The molecule has 6 rings (SSSR count). The molecule has 4 aromatic carbocycles. The molecule has 2 N–H and O–H groups in total. The van der Waals surface area contributed by atoms with Crippen LogP contribution in [0.2, 0.25) is 0 Å². The van der Waals surface area contributed by atoms with Crippen molar-refractivity contribution in [3.8, 4) is 11.3 Å². The van der Waals surface area contributed by atoms with E-state index in [9.17, 15) is 18.0 Å². The van der Waals surface area contributed by atoms with Crippen LogP contribution in [-0.2, 0) is 15.5 Å². The van der Waals surface area contributed by atoms with Crippen molar-refractivity contribution in [3.63, 3.8) is 0 Å².